The molecule has 1 N–H and O–H groups in total. The van der Waals surface area contributed by atoms with Crippen molar-refractivity contribution in [1.82, 2.24) is 5.32 Å². The van der Waals surface area contributed by atoms with Crippen molar-refractivity contribution < 1.29 is 4.79 Å². The maximum atomic E-state index is 10.9. The van der Waals surface area contributed by atoms with Crippen molar-refractivity contribution in [2.75, 3.05) is 6.54 Å². The Labute approximate surface area is 127 Å². The van der Waals surface area contributed by atoms with Gasteiger partial charge < -0.3 is 5.32 Å². The van der Waals surface area contributed by atoms with Crippen LogP contribution in [0.1, 0.15) is 68.7 Å². The first-order valence-electron chi connectivity index (χ1n) is 7.71. The van der Waals surface area contributed by atoms with Gasteiger partial charge in [0.2, 0.25) is 5.91 Å². The molecule has 0 unspecified atom stereocenters. The molecule has 0 aliphatic carbocycles. The van der Waals surface area contributed by atoms with Gasteiger partial charge in [0.15, 0.2) is 0 Å². The molecule has 0 heterocycles. The summed E-state index contributed by atoms with van der Waals surface area (Å²) in [5.41, 5.74) is 0.363. The van der Waals surface area contributed by atoms with Gasteiger partial charge in [-0.25, -0.2) is 0 Å². The summed E-state index contributed by atoms with van der Waals surface area (Å²) in [6.07, 6.45) is 1.01. The Morgan fingerprint density at radius 2 is 1.55 bits per heavy atom. The molecule has 0 aliphatic heterocycles. The molecule has 0 saturated heterocycles. The zero-order chi connectivity index (χ0) is 16.3. The summed E-state index contributed by atoms with van der Waals surface area (Å²) in [6, 6.07) is 0. The predicted molar refractivity (Wildman–Crippen MR) is 89.4 cm³/mol. The molecule has 0 aromatic heterocycles. The van der Waals surface area contributed by atoms with Crippen molar-refractivity contribution in [2.45, 2.75) is 68.7 Å². The van der Waals surface area contributed by atoms with E-state index in [1.165, 1.54) is 0 Å². The van der Waals surface area contributed by atoms with E-state index in [9.17, 15) is 4.79 Å². The van der Waals surface area contributed by atoms with E-state index < -0.39 is 0 Å². The van der Waals surface area contributed by atoms with Crippen LogP contribution in [0.5, 0.6) is 0 Å². The molecule has 0 radical (unpaired) electrons. The Balaban J connectivity index is 0. The molecule has 20 heavy (non-hydrogen) atoms. The molecule has 0 aromatic rings. The van der Waals surface area contributed by atoms with Gasteiger partial charge in [0.25, 0.3) is 0 Å². The number of carbonyl (C=O) groups excluding carboxylic acids is 1. The van der Waals surface area contributed by atoms with Crippen LogP contribution >= 0.6 is 0 Å². The van der Waals surface area contributed by atoms with E-state index in [0.717, 1.165) is 13.0 Å². The average Bonchev–Trinajstić information content (AvgIpc) is 2.24. The van der Waals surface area contributed by atoms with Crippen LogP contribution in [0.25, 0.3) is 0 Å². The Hall–Kier alpha value is -0.970. The SMILES string of the molecule is CC(C)C#CCC(C)(C)C.CC(C)CNC(=O)C(C)C. The topological polar surface area (TPSA) is 29.1 Å². The Bertz CT molecular complexity index is 311. The smallest absolute Gasteiger partial charge is 0.222 e. The zero-order valence-electron chi connectivity index (χ0n) is 15.1. The third-order valence-electron chi connectivity index (χ3n) is 2.22. The fourth-order valence-electron chi connectivity index (χ4n) is 1.03. The molecule has 0 fully saturated rings. The van der Waals surface area contributed by atoms with Gasteiger partial charge in [0.1, 0.15) is 0 Å². The lowest BCUT2D eigenvalue weighted by Crippen LogP contribution is -2.30. The molecule has 0 rings (SSSR count). The van der Waals surface area contributed by atoms with Crippen LogP contribution in [0.4, 0.5) is 0 Å². The van der Waals surface area contributed by atoms with E-state index in [0.29, 0.717) is 17.3 Å². The van der Waals surface area contributed by atoms with Crippen LogP contribution < -0.4 is 5.32 Å². The summed E-state index contributed by atoms with van der Waals surface area (Å²) in [5, 5.41) is 2.84. The lowest BCUT2D eigenvalue weighted by molar-refractivity contribution is -0.124. The zero-order valence-corrected chi connectivity index (χ0v) is 15.1. The third kappa shape index (κ3) is 19.4. The van der Waals surface area contributed by atoms with Gasteiger partial charge in [-0.2, -0.15) is 0 Å². The molecule has 118 valence electrons. The van der Waals surface area contributed by atoms with Crippen molar-refractivity contribution >= 4 is 5.91 Å². The lowest BCUT2D eigenvalue weighted by atomic mass is 9.92. The highest BCUT2D eigenvalue weighted by Crippen LogP contribution is 2.16. The van der Waals surface area contributed by atoms with Crippen LogP contribution in [0, 0.1) is 35.0 Å². The van der Waals surface area contributed by atoms with Crippen LogP contribution in [0.2, 0.25) is 0 Å². The van der Waals surface area contributed by atoms with Gasteiger partial charge in [0, 0.05) is 24.8 Å². The van der Waals surface area contributed by atoms with Gasteiger partial charge in [0.05, 0.1) is 0 Å². The number of amides is 1. The standard InChI is InChI=1S/C10H18.C8H17NO/c1-9(2)7-6-8-10(3,4)5;1-6(2)5-9-8(10)7(3)4/h9H,8H2,1-5H3;6-7H,5H2,1-4H3,(H,9,10). The molecule has 0 bridgehead atoms. The maximum absolute atomic E-state index is 10.9. The average molecular weight is 281 g/mol. The normalized spacial score (nSPS) is 10.8. The number of nitrogens with one attached hydrogen (secondary N) is 1. The van der Waals surface area contributed by atoms with Gasteiger partial charge in [-0.15, -0.1) is 11.8 Å². The molecule has 2 heteroatoms. The number of rotatable bonds is 3. The van der Waals surface area contributed by atoms with Crippen LogP contribution in [-0.4, -0.2) is 12.5 Å². The minimum atomic E-state index is 0.110. The molecule has 0 spiro atoms. The van der Waals surface area contributed by atoms with Crippen molar-refractivity contribution in [3.05, 3.63) is 0 Å². The quantitative estimate of drug-likeness (QED) is 0.758. The van der Waals surface area contributed by atoms with Gasteiger partial charge in [-0.05, 0) is 11.3 Å². The summed E-state index contributed by atoms with van der Waals surface area (Å²) in [6.45, 7) is 19.6. The Morgan fingerprint density at radius 3 is 1.85 bits per heavy atom. The molecule has 0 aromatic carbocycles. The molecule has 2 nitrogen and oxygen atoms in total. The second kappa shape index (κ2) is 10.8. The molecular formula is C18H35NO. The minimum Gasteiger partial charge on any atom is -0.356 e. The van der Waals surface area contributed by atoms with Gasteiger partial charge in [-0.1, -0.05) is 62.3 Å². The fraction of sp³-hybridized carbons (Fsp3) is 0.833. The third-order valence-corrected chi connectivity index (χ3v) is 2.22. The van der Waals surface area contributed by atoms with Crippen molar-refractivity contribution in [3.8, 4) is 11.8 Å². The van der Waals surface area contributed by atoms with E-state index in [1.54, 1.807) is 0 Å². The monoisotopic (exact) mass is 281 g/mol. The number of hydrogen-bond acceptors (Lipinski definition) is 1. The maximum Gasteiger partial charge on any atom is 0.222 e. The highest BCUT2D eigenvalue weighted by Gasteiger charge is 2.06. The summed E-state index contributed by atoms with van der Waals surface area (Å²) >= 11 is 0. The second-order valence-corrected chi connectivity index (χ2v) is 7.51. The second-order valence-electron chi connectivity index (χ2n) is 7.51. The van der Waals surface area contributed by atoms with E-state index in [-0.39, 0.29) is 11.8 Å². The first kappa shape index (κ1) is 21.3. The van der Waals surface area contributed by atoms with E-state index in [1.807, 2.05) is 13.8 Å². The first-order valence-corrected chi connectivity index (χ1v) is 7.71. The van der Waals surface area contributed by atoms with Gasteiger partial charge >= 0.3 is 0 Å². The predicted octanol–water partition coefficient (Wildman–Crippen LogP) is 4.50. The minimum absolute atomic E-state index is 0.110. The molecule has 0 saturated carbocycles. The van der Waals surface area contributed by atoms with Crippen LogP contribution in [0.15, 0.2) is 0 Å². The van der Waals surface area contributed by atoms with Crippen molar-refractivity contribution in [1.29, 1.82) is 0 Å². The fourth-order valence-corrected chi connectivity index (χ4v) is 1.03. The molecule has 0 atom stereocenters. The Morgan fingerprint density at radius 1 is 1.05 bits per heavy atom. The van der Waals surface area contributed by atoms with E-state index in [4.69, 9.17) is 0 Å². The summed E-state index contributed by atoms with van der Waals surface area (Å²) in [4.78, 5) is 10.9. The molecular weight excluding hydrogens is 246 g/mol. The van der Waals surface area contributed by atoms with E-state index in [2.05, 4.69) is 65.6 Å². The van der Waals surface area contributed by atoms with Gasteiger partial charge in [-0.3, -0.25) is 4.79 Å². The van der Waals surface area contributed by atoms with Crippen molar-refractivity contribution in [3.63, 3.8) is 0 Å². The Kier molecular flexibility index (Phi) is 11.5. The highest BCUT2D eigenvalue weighted by atomic mass is 16.1. The summed E-state index contributed by atoms with van der Waals surface area (Å²) in [5.74, 6) is 7.64. The largest absolute Gasteiger partial charge is 0.356 e. The van der Waals surface area contributed by atoms with Crippen LogP contribution in [0.3, 0.4) is 0 Å². The van der Waals surface area contributed by atoms with Crippen molar-refractivity contribution in [2.24, 2.45) is 23.2 Å². The summed E-state index contributed by atoms with van der Waals surface area (Å²) < 4.78 is 0. The highest BCUT2D eigenvalue weighted by molar-refractivity contribution is 5.77. The summed E-state index contributed by atoms with van der Waals surface area (Å²) in [7, 11) is 0. The molecule has 0 aliphatic rings. The first-order chi connectivity index (χ1) is 8.95. The lowest BCUT2D eigenvalue weighted by Gasteiger charge is -2.12. The van der Waals surface area contributed by atoms with Crippen LogP contribution in [-0.2, 0) is 4.79 Å². The number of hydrogen-bond donors (Lipinski definition) is 1. The van der Waals surface area contributed by atoms with E-state index >= 15 is 0 Å². The molecule has 1 amide bonds. The number of carbonyl (C=O) groups is 1.